The topological polar surface area (TPSA) is 92.5 Å². The maximum atomic E-state index is 12.9. The van der Waals surface area contributed by atoms with E-state index in [2.05, 4.69) is 0 Å². The number of amides is 1. The summed E-state index contributed by atoms with van der Waals surface area (Å²) in [5, 5.41) is 0.508. The highest BCUT2D eigenvalue weighted by atomic mass is 35.5. The second-order valence-corrected chi connectivity index (χ2v) is 7.10. The Hall–Kier alpha value is -2.09. The summed E-state index contributed by atoms with van der Waals surface area (Å²) in [5.41, 5.74) is 2.98. The quantitative estimate of drug-likeness (QED) is 0.487. The smallest absolute Gasteiger partial charge is 0.264 e. The van der Waals surface area contributed by atoms with E-state index in [1.807, 2.05) is 5.43 Å². The molecule has 8 heteroatoms. The Bertz CT molecular complexity index is 810. The highest BCUT2D eigenvalue weighted by Gasteiger charge is 2.27. The van der Waals surface area contributed by atoms with Crippen LogP contribution in [0, 0.1) is 6.92 Å². The Morgan fingerprint density at radius 1 is 1.22 bits per heavy atom. The normalized spacial score (nSPS) is 11.1. The van der Waals surface area contributed by atoms with Gasteiger partial charge in [-0.1, -0.05) is 29.8 Å². The van der Waals surface area contributed by atoms with Crippen LogP contribution in [-0.2, 0) is 14.8 Å². The second-order valence-electron chi connectivity index (χ2n) is 4.83. The number of carbonyl (C=O) groups is 1. The van der Waals surface area contributed by atoms with Crippen LogP contribution in [0.4, 0.5) is 5.69 Å². The van der Waals surface area contributed by atoms with Gasteiger partial charge in [0.25, 0.3) is 15.9 Å². The maximum Gasteiger partial charge on any atom is 0.264 e. The molecule has 0 unspecified atom stereocenters. The van der Waals surface area contributed by atoms with E-state index < -0.39 is 22.5 Å². The van der Waals surface area contributed by atoms with E-state index in [0.717, 1.165) is 4.31 Å². The average Bonchev–Trinajstić information content (AvgIpc) is 2.55. The Morgan fingerprint density at radius 3 is 2.43 bits per heavy atom. The molecule has 0 saturated carbocycles. The number of benzene rings is 2. The molecule has 0 fully saturated rings. The number of nitrogens with two attached hydrogens (primary N) is 1. The molecule has 0 aliphatic heterocycles. The molecular weight excluding hydrogens is 338 g/mol. The fraction of sp³-hybridized carbons (Fsp3) is 0.133. The molecule has 2 rings (SSSR count). The zero-order chi connectivity index (χ0) is 17.0. The summed E-state index contributed by atoms with van der Waals surface area (Å²) in [6.07, 6.45) is 0. The van der Waals surface area contributed by atoms with Gasteiger partial charge in [-0.05, 0) is 42.8 Å². The van der Waals surface area contributed by atoms with Gasteiger partial charge in [0.05, 0.1) is 10.6 Å². The average molecular weight is 354 g/mol. The molecule has 0 bridgehead atoms. The number of hydrogen-bond acceptors (Lipinski definition) is 4. The molecule has 122 valence electrons. The third-order valence-electron chi connectivity index (χ3n) is 3.21. The lowest BCUT2D eigenvalue weighted by molar-refractivity contribution is -0.119. The molecule has 0 radical (unpaired) electrons. The molecule has 2 aromatic carbocycles. The first-order valence-corrected chi connectivity index (χ1v) is 8.51. The van der Waals surface area contributed by atoms with Gasteiger partial charge >= 0.3 is 0 Å². The molecule has 0 heterocycles. The first kappa shape index (κ1) is 17.3. The van der Waals surface area contributed by atoms with Gasteiger partial charge in [0.1, 0.15) is 6.54 Å². The van der Waals surface area contributed by atoms with Gasteiger partial charge in [-0.25, -0.2) is 14.3 Å². The van der Waals surface area contributed by atoms with Crippen LogP contribution >= 0.6 is 11.6 Å². The summed E-state index contributed by atoms with van der Waals surface area (Å²) in [7, 11) is -3.92. The Kier molecular flexibility index (Phi) is 5.25. The van der Waals surface area contributed by atoms with Gasteiger partial charge in [0, 0.05) is 5.02 Å². The number of halogens is 1. The number of rotatable bonds is 5. The molecule has 0 aliphatic rings. The van der Waals surface area contributed by atoms with Crippen LogP contribution in [0.2, 0.25) is 5.02 Å². The number of hydrazine groups is 1. The molecule has 6 nitrogen and oxygen atoms in total. The summed E-state index contributed by atoms with van der Waals surface area (Å²) < 4.78 is 26.7. The van der Waals surface area contributed by atoms with Gasteiger partial charge in [-0.2, -0.15) is 0 Å². The fourth-order valence-electron chi connectivity index (χ4n) is 1.99. The van der Waals surface area contributed by atoms with Crippen molar-refractivity contribution in [3.05, 3.63) is 59.1 Å². The van der Waals surface area contributed by atoms with Crippen molar-refractivity contribution in [1.29, 1.82) is 0 Å². The molecule has 0 atom stereocenters. The molecular formula is C15H16ClN3O3S. The minimum atomic E-state index is -3.92. The standard InChI is InChI=1S/C15H16ClN3O3S/c1-11-9-12(7-8-14(11)16)19(10-15(20)18-17)23(21,22)13-5-3-2-4-6-13/h2-9H,10,17H2,1H3,(H,18,20). The van der Waals surface area contributed by atoms with Crippen molar-refractivity contribution >= 4 is 33.2 Å². The summed E-state index contributed by atoms with van der Waals surface area (Å²) >= 11 is 5.98. The van der Waals surface area contributed by atoms with Gasteiger partial charge < -0.3 is 0 Å². The van der Waals surface area contributed by atoms with Crippen molar-refractivity contribution in [2.24, 2.45) is 5.84 Å². The minimum Gasteiger partial charge on any atom is -0.293 e. The Labute approximate surface area is 139 Å². The van der Waals surface area contributed by atoms with Crippen molar-refractivity contribution in [2.45, 2.75) is 11.8 Å². The summed E-state index contributed by atoms with van der Waals surface area (Å²) in [6, 6.07) is 12.6. The fourth-order valence-corrected chi connectivity index (χ4v) is 3.55. The van der Waals surface area contributed by atoms with Crippen LogP contribution in [0.5, 0.6) is 0 Å². The predicted octanol–water partition coefficient (Wildman–Crippen LogP) is 1.83. The van der Waals surface area contributed by atoms with E-state index in [9.17, 15) is 13.2 Å². The lowest BCUT2D eigenvalue weighted by Gasteiger charge is -2.24. The van der Waals surface area contributed by atoms with E-state index in [1.54, 1.807) is 43.3 Å². The van der Waals surface area contributed by atoms with Crippen molar-refractivity contribution in [3.63, 3.8) is 0 Å². The van der Waals surface area contributed by atoms with Crippen LogP contribution < -0.4 is 15.6 Å². The largest absolute Gasteiger partial charge is 0.293 e. The molecule has 0 spiro atoms. The van der Waals surface area contributed by atoms with Gasteiger partial charge in [0.15, 0.2) is 0 Å². The zero-order valence-electron chi connectivity index (χ0n) is 12.4. The lowest BCUT2D eigenvalue weighted by Crippen LogP contribution is -2.43. The van der Waals surface area contributed by atoms with Crippen molar-refractivity contribution in [2.75, 3.05) is 10.8 Å². The van der Waals surface area contributed by atoms with Crippen LogP contribution in [-0.4, -0.2) is 20.9 Å². The minimum absolute atomic E-state index is 0.0809. The predicted molar refractivity (Wildman–Crippen MR) is 89.5 cm³/mol. The Balaban J connectivity index is 2.54. The number of hydrogen-bond donors (Lipinski definition) is 2. The monoisotopic (exact) mass is 353 g/mol. The number of nitrogens with zero attached hydrogens (tertiary/aromatic N) is 1. The molecule has 0 aromatic heterocycles. The van der Waals surface area contributed by atoms with E-state index in [0.29, 0.717) is 16.3 Å². The van der Waals surface area contributed by atoms with Crippen molar-refractivity contribution in [1.82, 2.24) is 5.43 Å². The highest BCUT2D eigenvalue weighted by Crippen LogP contribution is 2.27. The number of aryl methyl sites for hydroxylation is 1. The summed E-state index contributed by atoms with van der Waals surface area (Å²) in [4.78, 5) is 11.7. The van der Waals surface area contributed by atoms with E-state index in [1.165, 1.54) is 12.1 Å². The number of carbonyl (C=O) groups excluding carboxylic acids is 1. The van der Waals surface area contributed by atoms with Gasteiger partial charge in [0.2, 0.25) is 0 Å². The third-order valence-corrected chi connectivity index (χ3v) is 5.42. The van der Waals surface area contributed by atoms with E-state index in [-0.39, 0.29) is 4.90 Å². The van der Waals surface area contributed by atoms with Crippen molar-refractivity contribution < 1.29 is 13.2 Å². The number of sulfonamides is 1. The molecule has 0 aliphatic carbocycles. The number of nitrogens with one attached hydrogen (secondary N) is 1. The Morgan fingerprint density at radius 2 is 1.87 bits per heavy atom. The van der Waals surface area contributed by atoms with E-state index >= 15 is 0 Å². The molecule has 2 aromatic rings. The zero-order valence-corrected chi connectivity index (χ0v) is 13.9. The van der Waals surface area contributed by atoms with Crippen molar-refractivity contribution in [3.8, 4) is 0 Å². The molecule has 0 saturated heterocycles. The first-order valence-electron chi connectivity index (χ1n) is 6.69. The summed E-state index contributed by atoms with van der Waals surface area (Å²) in [6.45, 7) is 1.32. The maximum absolute atomic E-state index is 12.9. The molecule has 1 amide bonds. The first-order chi connectivity index (χ1) is 10.9. The van der Waals surface area contributed by atoms with Crippen LogP contribution in [0.1, 0.15) is 5.56 Å². The second kappa shape index (κ2) is 6.99. The third kappa shape index (κ3) is 3.82. The SMILES string of the molecule is Cc1cc(N(CC(=O)NN)S(=O)(=O)c2ccccc2)ccc1Cl. The van der Waals surface area contributed by atoms with E-state index in [4.69, 9.17) is 17.4 Å². The van der Waals surface area contributed by atoms with Crippen LogP contribution in [0.25, 0.3) is 0 Å². The molecule has 3 N–H and O–H groups in total. The lowest BCUT2D eigenvalue weighted by atomic mass is 10.2. The summed E-state index contributed by atoms with van der Waals surface area (Å²) in [5.74, 6) is 4.46. The van der Waals surface area contributed by atoms with Gasteiger partial charge in [-0.3, -0.25) is 14.5 Å². The van der Waals surface area contributed by atoms with Crippen LogP contribution in [0.3, 0.4) is 0 Å². The van der Waals surface area contributed by atoms with Gasteiger partial charge in [-0.15, -0.1) is 0 Å². The number of anilines is 1. The molecule has 23 heavy (non-hydrogen) atoms. The van der Waals surface area contributed by atoms with Crippen LogP contribution in [0.15, 0.2) is 53.4 Å². The highest BCUT2D eigenvalue weighted by molar-refractivity contribution is 7.92.